The van der Waals surface area contributed by atoms with Crippen molar-refractivity contribution >= 4 is 48.1 Å². The highest BCUT2D eigenvalue weighted by atomic mass is 32.1. The maximum atomic E-state index is 14.5. The molecule has 1 aromatic carbocycles. The second kappa shape index (κ2) is 6.23. The number of aryl methyl sites for hydroxylation is 1. The van der Waals surface area contributed by atoms with Crippen molar-refractivity contribution in [2.24, 2.45) is 7.05 Å². The zero-order chi connectivity index (χ0) is 19.8. The van der Waals surface area contributed by atoms with E-state index in [1.54, 1.807) is 33.4 Å². The zero-order valence-electron chi connectivity index (χ0n) is 16.5. The van der Waals surface area contributed by atoms with Gasteiger partial charge in [-0.05, 0) is 44.5 Å². The van der Waals surface area contributed by atoms with E-state index in [-0.39, 0.29) is 5.82 Å². The second-order valence-corrected chi connectivity index (χ2v) is 10.4. The van der Waals surface area contributed by atoms with Gasteiger partial charge in [0.05, 0.1) is 9.70 Å². The molecule has 0 radical (unpaired) electrons. The van der Waals surface area contributed by atoms with Gasteiger partial charge in [-0.1, -0.05) is 11.3 Å². The fraction of sp³-hybridized carbons (Fsp3) is 0.429. The van der Waals surface area contributed by atoms with Gasteiger partial charge in [-0.2, -0.15) is 5.10 Å². The number of hydrogen-bond acceptors (Lipinski definition) is 6. The zero-order valence-corrected chi connectivity index (χ0v) is 18.1. The van der Waals surface area contributed by atoms with Gasteiger partial charge in [0, 0.05) is 49.4 Å². The number of thiophene rings is 1. The number of nitrogens with zero attached hydrogens (tertiary/aromatic N) is 5. The quantitative estimate of drug-likeness (QED) is 0.464. The number of likely N-dealkylation sites (tertiary alicyclic amines) is 1. The van der Waals surface area contributed by atoms with Gasteiger partial charge in [0.1, 0.15) is 15.4 Å². The number of halogens is 1. The number of hydrogen-bond donors (Lipinski definition) is 0. The van der Waals surface area contributed by atoms with Gasteiger partial charge in [0.2, 0.25) is 0 Å². The van der Waals surface area contributed by atoms with Crippen molar-refractivity contribution in [1.82, 2.24) is 19.7 Å². The predicted octanol–water partition coefficient (Wildman–Crippen LogP) is 4.73. The molecular formula is C21H22FN5S2. The monoisotopic (exact) mass is 427 g/mol. The van der Waals surface area contributed by atoms with Gasteiger partial charge in [-0.15, -0.1) is 11.3 Å². The number of aromatic nitrogens is 3. The molecule has 0 aliphatic carbocycles. The minimum absolute atomic E-state index is 0.290. The summed E-state index contributed by atoms with van der Waals surface area (Å²) in [5, 5.41) is 7.22. The molecular weight excluding hydrogens is 405 g/mol. The van der Waals surface area contributed by atoms with Crippen molar-refractivity contribution in [3.8, 4) is 10.6 Å². The Hall–Kier alpha value is -2.03. The third-order valence-corrected chi connectivity index (χ3v) is 8.79. The second-order valence-electron chi connectivity index (χ2n) is 8.40. The first kappa shape index (κ1) is 17.8. The van der Waals surface area contributed by atoms with E-state index in [2.05, 4.69) is 28.0 Å². The Morgan fingerprint density at radius 3 is 2.55 bits per heavy atom. The molecule has 1 spiro atoms. The van der Waals surface area contributed by atoms with Crippen molar-refractivity contribution in [2.45, 2.75) is 24.8 Å². The Balaban J connectivity index is 1.33. The van der Waals surface area contributed by atoms with E-state index in [1.807, 2.05) is 19.3 Å². The van der Waals surface area contributed by atoms with E-state index in [4.69, 9.17) is 4.98 Å². The van der Waals surface area contributed by atoms with Crippen LogP contribution in [0, 0.1) is 5.82 Å². The molecule has 5 nitrogen and oxygen atoms in total. The lowest BCUT2D eigenvalue weighted by Gasteiger charge is -2.57. The molecule has 29 heavy (non-hydrogen) atoms. The largest absolute Gasteiger partial charge is 0.357 e. The van der Waals surface area contributed by atoms with Crippen LogP contribution in [0.5, 0.6) is 0 Å². The van der Waals surface area contributed by atoms with Gasteiger partial charge in [0.25, 0.3) is 0 Å². The van der Waals surface area contributed by atoms with Gasteiger partial charge >= 0.3 is 0 Å². The normalized spacial score (nSPS) is 19.5. The molecule has 5 heterocycles. The fourth-order valence-corrected chi connectivity index (χ4v) is 7.09. The molecule has 4 aromatic rings. The van der Waals surface area contributed by atoms with Gasteiger partial charge < -0.3 is 9.80 Å². The number of anilines is 1. The molecule has 0 N–H and O–H groups in total. The molecule has 6 rings (SSSR count). The molecule has 2 aliphatic heterocycles. The lowest BCUT2D eigenvalue weighted by atomic mass is 9.76. The standard InChI is InChI=1S/C21H22FN5S2/c1-25-6-3-21(4-7-25)5-8-27(21)17-11-16-20(29-17)23-19(28-16)13-9-14-12-26(2)24-18(14)15(22)10-13/h9-12H,3-8H2,1-2H3. The summed E-state index contributed by atoms with van der Waals surface area (Å²) in [4.78, 5) is 11.0. The average Bonchev–Trinajstić information content (AvgIpc) is 3.34. The smallest absolute Gasteiger partial charge is 0.152 e. The molecule has 2 aliphatic rings. The number of benzene rings is 1. The van der Waals surface area contributed by atoms with E-state index in [1.165, 1.54) is 42.1 Å². The first-order chi connectivity index (χ1) is 14.0. The number of fused-ring (bicyclic) bond motifs is 2. The summed E-state index contributed by atoms with van der Waals surface area (Å²) >= 11 is 3.43. The van der Waals surface area contributed by atoms with Crippen LogP contribution >= 0.6 is 22.7 Å². The van der Waals surface area contributed by atoms with Crippen molar-refractivity contribution < 1.29 is 4.39 Å². The maximum Gasteiger partial charge on any atom is 0.152 e. The van der Waals surface area contributed by atoms with Crippen molar-refractivity contribution in [2.75, 3.05) is 31.6 Å². The molecule has 150 valence electrons. The van der Waals surface area contributed by atoms with Crippen LogP contribution in [-0.2, 0) is 7.05 Å². The summed E-state index contributed by atoms with van der Waals surface area (Å²) in [5.74, 6) is -0.290. The van der Waals surface area contributed by atoms with Crippen LogP contribution < -0.4 is 4.90 Å². The molecule has 0 unspecified atom stereocenters. The van der Waals surface area contributed by atoms with E-state index in [0.29, 0.717) is 11.1 Å². The number of thiazole rings is 1. The van der Waals surface area contributed by atoms with E-state index >= 15 is 0 Å². The van der Waals surface area contributed by atoms with Crippen LogP contribution in [0.25, 0.3) is 31.0 Å². The summed E-state index contributed by atoms with van der Waals surface area (Å²) in [5.41, 5.74) is 1.60. The fourth-order valence-electron chi connectivity index (χ4n) is 4.75. The Morgan fingerprint density at radius 2 is 1.83 bits per heavy atom. The summed E-state index contributed by atoms with van der Waals surface area (Å²) < 4.78 is 17.3. The Labute approximate surface area is 176 Å². The van der Waals surface area contributed by atoms with Crippen molar-refractivity contribution in [3.05, 3.63) is 30.2 Å². The molecule has 0 bridgehead atoms. The number of piperidine rings is 1. The van der Waals surface area contributed by atoms with Crippen molar-refractivity contribution in [3.63, 3.8) is 0 Å². The van der Waals surface area contributed by atoms with Gasteiger partial charge in [0.15, 0.2) is 5.82 Å². The first-order valence-electron chi connectivity index (χ1n) is 10.0. The van der Waals surface area contributed by atoms with Gasteiger partial charge in [-0.25, -0.2) is 9.37 Å². The Bertz CT molecular complexity index is 1200. The van der Waals surface area contributed by atoms with E-state index in [0.717, 1.165) is 27.3 Å². The summed E-state index contributed by atoms with van der Waals surface area (Å²) in [6.07, 6.45) is 5.65. The molecule has 3 aromatic heterocycles. The highest BCUT2D eigenvalue weighted by Crippen LogP contribution is 2.48. The Kier molecular flexibility index (Phi) is 3.82. The molecule has 2 fully saturated rings. The SMILES string of the molecule is CN1CCC2(CC1)CCN2c1cc2sc(-c3cc(F)c4nn(C)cc4c3)nc2s1. The minimum Gasteiger partial charge on any atom is -0.357 e. The van der Waals surface area contributed by atoms with Crippen LogP contribution in [0.2, 0.25) is 0 Å². The first-order valence-corrected chi connectivity index (χ1v) is 11.6. The predicted molar refractivity (Wildman–Crippen MR) is 119 cm³/mol. The molecule has 0 amide bonds. The molecule has 0 saturated carbocycles. The van der Waals surface area contributed by atoms with Crippen LogP contribution in [0.4, 0.5) is 9.39 Å². The van der Waals surface area contributed by atoms with Crippen LogP contribution in [0.3, 0.4) is 0 Å². The van der Waals surface area contributed by atoms with Crippen LogP contribution in [0.15, 0.2) is 24.4 Å². The highest BCUT2D eigenvalue weighted by Gasteiger charge is 2.46. The van der Waals surface area contributed by atoms with E-state index in [9.17, 15) is 4.39 Å². The van der Waals surface area contributed by atoms with Gasteiger partial charge in [-0.3, -0.25) is 4.68 Å². The molecule has 0 atom stereocenters. The minimum atomic E-state index is -0.290. The van der Waals surface area contributed by atoms with Crippen molar-refractivity contribution in [1.29, 1.82) is 0 Å². The lowest BCUT2D eigenvalue weighted by molar-refractivity contribution is 0.136. The third-order valence-electron chi connectivity index (χ3n) is 6.56. The maximum absolute atomic E-state index is 14.5. The van der Waals surface area contributed by atoms with Crippen LogP contribution in [-0.4, -0.2) is 51.9 Å². The summed E-state index contributed by atoms with van der Waals surface area (Å²) in [7, 11) is 4.03. The summed E-state index contributed by atoms with van der Waals surface area (Å²) in [6, 6.07) is 5.83. The number of rotatable bonds is 2. The summed E-state index contributed by atoms with van der Waals surface area (Å²) in [6.45, 7) is 3.51. The lowest BCUT2D eigenvalue weighted by Crippen LogP contribution is -2.63. The third kappa shape index (κ3) is 2.73. The van der Waals surface area contributed by atoms with Crippen LogP contribution in [0.1, 0.15) is 19.3 Å². The van der Waals surface area contributed by atoms with E-state index < -0.39 is 0 Å². The Morgan fingerprint density at radius 1 is 1.03 bits per heavy atom. The average molecular weight is 428 g/mol. The molecule has 2 saturated heterocycles. The highest BCUT2D eigenvalue weighted by molar-refractivity contribution is 7.30. The molecule has 8 heteroatoms. The topological polar surface area (TPSA) is 37.2 Å².